The molecule has 10 heavy (non-hydrogen) atoms. The highest BCUT2D eigenvalue weighted by molar-refractivity contribution is 5.12. The molecule has 0 N–H and O–H groups in total. The normalized spacial score (nSPS) is 7.80. The number of hydrogen-bond donors (Lipinski definition) is 0. The van der Waals surface area contributed by atoms with Gasteiger partial charge in [0.1, 0.15) is 0 Å². The van der Waals surface area contributed by atoms with E-state index >= 15 is 0 Å². The zero-order valence-electron chi connectivity index (χ0n) is 6.93. The van der Waals surface area contributed by atoms with Gasteiger partial charge in [-0.1, -0.05) is 36.5 Å². The van der Waals surface area contributed by atoms with Crippen molar-refractivity contribution >= 4 is 0 Å². The van der Waals surface area contributed by atoms with Crippen molar-refractivity contribution in [2.75, 3.05) is 0 Å². The average molecular weight is 136 g/mol. The average Bonchev–Trinajstić information content (AvgIpc) is 1.92. The largest absolute Gasteiger partial charge is 0.106 e. The summed E-state index contributed by atoms with van der Waals surface area (Å²) in [5, 5.41) is 0. The molecule has 0 aliphatic carbocycles. The van der Waals surface area contributed by atoms with Crippen LogP contribution in [0.3, 0.4) is 0 Å². The molecule has 0 aromatic rings. The van der Waals surface area contributed by atoms with Crippen molar-refractivity contribution in [3.63, 3.8) is 0 Å². The summed E-state index contributed by atoms with van der Waals surface area (Å²) in [6.07, 6.45) is 7.69. The van der Waals surface area contributed by atoms with Crippen LogP contribution >= 0.6 is 0 Å². The Morgan fingerprint density at radius 3 is 1.90 bits per heavy atom. The fraction of sp³-hybridized carbons (Fsp3) is 0.200. The number of allylic oxidation sites excluding steroid dienone is 5. The second kappa shape index (κ2) is 10.9. The van der Waals surface area contributed by atoms with E-state index in [1.54, 1.807) is 6.08 Å². The maximum absolute atomic E-state index is 3.54. The molecule has 0 unspecified atom stereocenters. The lowest BCUT2D eigenvalue weighted by molar-refractivity contribution is 1.39. The summed E-state index contributed by atoms with van der Waals surface area (Å²) in [5.74, 6) is 0. The third-order valence-electron chi connectivity index (χ3n) is 0.677. The van der Waals surface area contributed by atoms with Crippen molar-refractivity contribution in [3.8, 4) is 0 Å². The molecule has 0 radical (unpaired) electrons. The second-order valence-corrected chi connectivity index (χ2v) is 1.86. The maximum Gasteiger partial charge on any atom is -0.0439 e. The highest BCUT2D eigenvalue weighted by atomic mass is 13.7. The van der Waals surface area contributed by atoms with Crippen molar-refractivity contribution in [2.24, 2.45) is 0 Å². The second-order valence-electron chi connectivity index (χ2n) is 1.86. The lowest BCUT2D eigenvalue weighted by atomic mass is 10.3. The van der Waals surface area contributed by atoms with Gasteiger partial charge in [0, 0.05) is 0 Å². The summed E-state index contributed by atoms with van der Waals surface area (Å²) in [6, 6.07) is 0. The summed E-state index contributed by atoms with van der Waals surface area (Å²) in [7, 11) is 0. The van der Waals surface area contributed by atoms with Gasteiger partial charge in [-0.25, -0.2) is 0 Å². The third kappa shape index (κ3) is 15.8. The minimum absolute atomic E-state index is 1.31. The van der Waals surface area contributed by atoms with E-state index in [0.717, 1.165) is 0 Å². The Hall–Kier alpha value is -1.04. The van der Waals surface area contributed by atoms with E-state index < -0.39 is 0 Å². The van der Waals surface area contributed by atoms with E-state index in [9.17, 15) is 0 Å². The lowest BCUT2D eigenvalue weighted by Gasteiger charge is -1.78. The van der Waals surface area contributed by atoms with Gasteiger partial charge in [0.25, 0.3) is 0 Å². The minimum Gasteiger partial charge on any atom is -0.106 e. The molecule has 0 heterocycles. The smallest absolute Gasteiger partial charge is 0.0439 e. The van der Waals surface area contributed by atoms with E-state index in [-0.39, 0.29) is 0 Å². The lowest BCUT2D eigenvalue weighted by Crippen LogP contribution is -1.56. The SMILES string of the molecule is C=C.C=C/C=C\C=C(C)C. The number of hydrogen-bond acceptors (Lipinski definition) is 0. The molecule has 0 aromatic carbocycles. The first-order valence-electron chi connectivity index (χ1n) is 3.20. The first kappa shape index (κ1) is 11.7. The predicted molar refractivity (Wildman–Crippen MR) is 50.0 cm³/mol. The van der Waals surface area contributed by atoms with E-state index in [1.807, 2.05) is 18.2 Å². The Morgan fingerprint density at radius 1 is 1.10 bits per heavy atom. The molecule has 0 saturated heterocycles. The summed E-state index contributed by atoms with van der Waals surface area (Å²) in [4.78, 5) is 0. The van der Waals surface area contributed by atoms with Crippen molar-refractivity contribution in [1.82, 2.24) is 0 Å². The van der Waals surface area contributed by atoms with Crippen LogP contribution < -0.4 is 0 Å². The van der Waals surface area contributed by atoms with Crippen LogP contribution in [-0.4, -0.2) is 0 Å². The van der Waals surface area contributed by atoms with E-state index in [4.69, 9.17) is 0 Å². The van der Waals surface area contributed by atoms with E-state index in [2.05, 4.69) is 33.6 Å². The van der Waals surface area contributed by atoms with Crippen molar-refractivity contribution in [1.29, 1.82) is 0 Å². The van der Waals surface area contributed by atoms with Crippen LogP contribution in [0.15, 0.2) is 49.6 Å². The Kier molecular flexibility index (Phi) is 12.7. The molecule has 56 valence electrons. The molecule has 0 aromatic heterocycles. The van der Waals surface area contributed by atoms with Crippen molar-refractivity contribution in [3.05, 3.63) is 49.6 Å². The summed E-state index contributed by atoms with van der Waals surface area (Å²) >= 11 is 0. The first-order valence-corrected chi connectivity index (χ1v) is 3.20. The molecule has 0 spiro atoms. The van der Waals surface area contributed by atoms with Gasteiger partial charge in [-0.15, -0.1) is 13.2 Å². The molecule has 0 rings (SSSR count). The van der Waals surface area contributed by atoms with Gasteiger partial charge in [-0.3, -0.25) is 0 Å². The zero-order chi connectivity index (χ0) is 8.41. The minimum atomic E-state index is 1.31. The van der Waals surface area contributed by atoms with Gasteiger partial charge in [0.15, 0.2) is 0 Å². The molecule has 0 nitrogen and oxygen atoms in total. The Morgan fingerprint density at radius 2 is 1.60 bits per heavy atom. The van der Waals surface area contributed by atoms with Crippen molar-refractivity contribution in [2.45, 2.75) is 13.8 Å². The molecule has 0 heteroatoms. The summed E-state index contributed by atoms with van der Waals surface area (Å²) < 4.78 is 0. The summed E-state index contributed by atoms with van der Waals surface area (Å²) in [6.45, 7) is 13.7. The van der Waals surface area contributed by atoms with Crippen LogP contribution in [0.5, 0.6) is 0 Å². The standard InChI is InChI=1S/C8H12.C2H4/c1-4-5-6-7-8(2)3;1-2/h4-7H,1H2,2-3H3;1-2H2/b6-5-;. The van der Waals surface area contributed by atoms with Gasteiger partial charge >= 0.3 is 0 Å². The number of rotatable bonds is 2. The molecule has 0 amide bonds. The third-order valence-corrected chi connectivity index (χ3v) is 0.677. The van der Waals surface area contributed by atoms with Crippen LogP contribution in [-0.2, 0) is 0 Å². The van der Waals surface area contributed by atoms with Gasteiger partial charge in [0.2, 0.25) is 0 Å². The Labute approximate surface area is 64.3 Å². The highest BCUT2D eigenvalue weighted by Crippen LogP contribution is 1.87. The molecule has 0 saturated carbocycles. The predicted octanol–water partition coefficient (Wildman–Crippen LogP) is 3.50. The van der Waals surface area contributed by atoms with Crippen molar-refractivity contribution < 1.29 is 0 Å². The molecule has 0 aliphatic heterocycles. The van der Waals surface area contributed by atoms with Gasteiger partial charge in [-0.05, 0) is 13.8 Å². The van der Waals surface area contributed by atoms with Crippen LogP contribution in [0.2, 0.25) is 0 Å². The maximum atomic E-state index is 3.54. The van der Waals surface area contributed by atoms with E-state index in [0.29, 0.717) is 0 Å². The van der Waals surface area contributed by atoms with Crippen LogP contribution in [0.4, 0.5) is 0 Å². The van der Waals surface area contributed by atoms with Gasteiger partial charge < -0.3 is 0 Å². The molecule has 0 aliphatic rings. The fourth-order valence-electron chi connectivity index (χ4n) is 0.327. The molecule has 0 fully saturated rings. The monoisotopic (exact) mass is 136 g/mol. The quantitative estimate of drug-likeness (QED) is 0.402. The Balaban J connectivity index is 0. The molecule has 0 bridgehead atoms. The van der Waals surface area contributed by atoms with Gasteiger partial charge in [-0.2, -0.15) is 0 Å². The van der Waals surface area contributed by atoms with Crippen LogP contribution in [0.25, 0.3) is 0 Å². The zero-order valence-corrected chi connectivity index (χ0v) is 6.93. The summed E-state index contributed by atoms with van der Waals surface area (Å²) in [5.41, 5.74) is 1.31. The molecule has 0 atom stereocenters. The fourth-order valence-corrected chi connectivity index (χ4v) is 0.327. The Bertz CT molecular complexity index is 123. The topological polar surface area (TPSA) is 0 Å². The highest BCUT2D eigenvalue weighted by Gasteiger charge is 1.66. The molecular weight excluding hydrogens is 120 g/mol. The van der Waals surface area contributed by atoms with Gasteiger partial charge in [0.05, 0.1) is 0 Å². The first-order chi connectivity index (χ1) is 4.77. The molecular formula is C10H16. The van der Waals surface area contributed by atoms with Crippen LogP contribution in [0.1, 0.15) is 13.8 Å². The van der Waals surface area contributed by atoms with Crippen LogP contribution in [0, 0.1) is 0 Å². The van der Waals surface area contributed by atoms with E-state index in [1.165, 1.54) is 5.57 Å².